The number of ether oxygens (including phenoxy) is 1. The van der Waals surface area contributed by atoms with E-state index in [4.69, 9.17) is 15.3 Å². The number of aryl methyl sites for hydroxylation is 2. The van der Waals surface area contributed by atoms with Crippen molar-refractivity contribution in [3.8, 4) is 12.1 Å². The number of nitrogens with zero attached hydrogens (tertiary/aromatic N) is 3. The molecule has 1 heterocycles. The topological polar surface area (TPSA) is 78.8 Å². The van der Waals surface area contributed by atoms with Gasteiger partial charge in [0.25, 0.3) is 5.56 Å². The van der Waals surface area contributed by atoms with Crippen molar-refractivity contribution in [2.45, 2.75) is 20.4 Å². The minimum atomic E-state index is -0.212. The van der Waals surface area contributed by atoms with Gasteiger partial charge in [0.05, 0.1) is 17.7 Å². The molecule has 5 nitrogen and oxygen atoms in total. The van der Waals surface area contributed by atoms with Crippen molar-refractivity contribution < 1.29 is 4.74 Å². The first-order valence-electron chi connectivity index (χ1n) is 7.34. The summed E-state index contributed by atoms with van der Waals surface area (Å²) >= 11 is 1.16. The van der Waals surface area contributed by atoms with E-state index in [0.717, 1.165) is 28.0 Å². The van der Waals surface area contributed by atoms with Gasteiger partial charge in [0.2, 0.25) is 0 Å². The number of hydrogen-bond donors (Lipinski definition) is 0. The van der Waals surface area contributed by atoms with E-state index in [9.17, 15) is 4.79 Å². The first kappa shape index (κ1) is 17.7. The summed E-state index contributed by atoms with van der Waals surface area (Å²) in [5, 5.41) is 18.3. The monoisotopic (exact) mass is 339 g/mol. The third kappa shape index (κ3) is 3.62. The maximum absolute atomic E-state index is 12.7. The van der Waals surface area contributed by atoms with Crippen LogP contribution in [0.4, 0.5) is 0 Å². The van der Waals surface area contributed by atoms with Gasteiger partial charge in [-0.05, 0) is 31.1 Å². The van der Waals surface area contributed by atoms with Gasteiger partial charge in [0, 0.05) is 7.11 Å². The Bertz CT molecular complexity index is 1000. The Morgan fingerprint density at radius 1 is 1.33 bits per heavy atom. The van der Waals surface area contributed by atoms with Gasteiger partial charge < -0.3 is 4.74 Å². The molecule has 0 amide bonds. The van der Waals surface area contributed by atoms with Crippen LogP contribution in [0.1, 0.15) is 16.7 Å². The Morgan fingerprint density at radius 3 is 2.67 bits per heavy atom. The number of rotatable bonds is 4. The van der Waals surface area contributed by atoms with Crippen molar-refractivity contribution in [3.05, 3.63) is 54.4 Å². The van der Waals surface area contributed by atoms with E-state index in [2.05, 4.69) is 0 Å². The molecular formula is C18H17N3O2S. The highest BCUT2D eigenvalue weighted by Crippen LogP contribution is 2.11. The number of methoxy groups -OCH3 is 1. The van der Waals surface area contributed by atoms with E-state index >= 15 is 0 Å². The van der Waals surface area contributed by atoms with Crippen LogP contribution in [0.25, 0.3) is 11.6 Å². The van der Waals surface area contributed by atoms with Gasteiger partial charge in [0.1, 0.15) is 16.8 Å². The van der Waals surface area contributed by atoms with Crippen molar-refractivity contribution in [1.29, 1.82) is 10.5 Å². The molecule has 0 aliphatic rings. The Labute approximate surface area is 144 Å². The molecule has 0 radical (unpaired) electrons. The summed E-state index contributed by atoms with van der Waals surface area (Å²) in [5.41, 5.74) is 2.84. The summed E-state index contributed by atoms with van der Waals surface area (Å²) in [4.78, 5) is 12.7. The summed E-state index contributed by atoms with van der Waals surface area (Å²) in [6, 6.07) is 9.75. The lowest BCUT2D eigenvalue weighted by Crippen LogP contribution is -2.33. The van der Waals surface area contributed by atoms with Crippen LogP contribution in [-0.2, 0) is 11.3 Å². The highest BCUT2D eigenvalue weighted by molar-refractivity contribution is 7.07. The third-order valence-corrected chi connectivity index (χ3v) is 4.72. The smallest absolute Gasteiger partial charge is 0.269 e. The first-order valence-corrected chi connectivity index (χ1v) is 8.15. The molecule has 1 aromatic heterocycles. The molecule has 0 N–H and O–H groups in total. The summed E-state index contributed by atoms with van der Waals surface area (Å²) in [7, 11) is 1.54. The fourth-order valence-electron chi connectivity index (χ4n) is 2.27. The van der Waals surface area contributed by atoms with E-state index in [1.54, 1.807) is 7.11 Å². The van der Waals surface area contributed by atoms with E-state index < -0.39 is 0 Å². The maximum Gasteiger partial charge on any atom is 0.269 e. The molecule has 0 atom stereocenters. The molecule has 0 aliphatic carbocycles. The number of nitriles is 2. The van der Waals surface area contributed by atoms with Crippen LogP contribution in [0.2, 0.25) is 0 Å². The minimum absolute atomic E-state index is 0.0613. The molecule has 0 bridgehead atoms. The number of benzene rings is 1. The van der Waals surface area contributed by atoms with E-state index in [1.807, 2.05) is 50.3 Å². The zero-order valence-electron chi connectivity index (χ0n) is 13.8. The highest BCUT2D eigenvalue weighted by Gasteiger charge is 2.09. The molecule has 0 saturated heterocycles. The third-order valence-electron chi connectivity index (χ3n) is 3.59. The van der Waals surface area contributed by atoms with Gasteiger partial charge in [-0.3, -0.25) is 9.36 Å². The predicted octanol–water partition coefficient (Wildman–Crippen LogP) is 1.20. The summed E-state index contributed by atoms with van der Waals surface area (Å²) in [6.45, 7) is 4.60. The molecule has 0 saturated carbocycles. The Hall–Kier alpha value is -2.67. The average molecular weight is 339 g/mol. The van der Waals surface area contributed by atoms with Crippen molar-refractivity contribution >= 4 is 23.0 Å². The predicted molar refractivity (Wildman–Crippen MR) is 93.8 cm³/mol. The number of aromatic nitrogens is 1. The second-order valence-corrected chi connectivity index (χ2v) is 6.35. The zero-order chi connectivity index (χ0) is 17.7. The molecule has 0 spiro atoms. The second-order valence-electron chi connectivity index (χ2n) is 5.32. The fraction of sp³-hybridized carbons (Fsp3) is 0.278. The summed E-state index contributed by atoms with van der Waals surface area (Å²) in [5.74, 6) is 0. The largest absolute Gasteiger partial charge is 0.383 e. The van der Waals surface area contributed by atoms with Crippen molar-refractivity contribution in [2.24, 2.45) is 0 Å². The zero-order valence-corrected chi connectivity index (χ0v) is 14.6. The summed E-state index contributed by atoms with van der Waals surface area (Å²) < 4.78 is 7.33. The number of hydrogen-bond acceptors (Lipinski definition) is 5. The van der Waals surface area contributed by atoms with Gasteiger partial charge in [0.15, 0.2) is 5.57 Å². The Morgan fingerprint density at radius 2 is 2.04 bits per heavy atom. The molecular weight excluding hydrogens is 322 g/mol. The number of thiazole rings is 1. The maximum atomic E-state index is 12.7. The average Bonchev–Trinajstić information content (AvgIpc) is 2.86. The molecule has 0 unspecified atom stereocenters. The Kier molecular flexibility index (Phi) is 5.70. The molecule has 0 fully saturated rings. The van der Waals surface area contributed by atoms with E-state index in [0.29, 0.717) is 22.3 Å². The van der Waals surface area contributed by atoms with Crippen LogP contribution in [0, 0.1) is 36.5 Å². The van der Waals surface area contributed by atoms with Crippen molar-refractivity contribution in [1.82, 2.24) is 4.57 Å². The molecule has 2 aromatic rings. The van der Waals surface area contributed by atoms with E-state index in [-0.39, 0.29) is 11.1 Å². The molecule has 2 rings (SSSR count). The van der Waals surface area contributed by atoms with Crippen molar-refractivity contribution in [2.75, 3.05) is 13.7 Å². The van der Waals surface area contributed by atoms with Crippen LogP contribution < -0.4 is 14.8 Å². The van der Waals surface area contributed by atoms with Crippen LogP contribution >= 0.6 is 11.3 Å². The van der Waals surface area contributed by atoms with E-state index in [1.165, 1.54) is 4.57 Å². The molecule has 1 aromatic carbocycles. The molecule has 122 valence electrons. The highest BCUT2D eigenvalue weighted by atomic mass is 32.1. The van der Waals surface area contributed by atoms with Gasteiger partial charge >= 0.3 is 0 Å². The minimum Gasteiger partial charge on any atom is -0.383 e. The standard InChI is InChI=1S/C18H17N3O2S/c1-12-4-5-13(2)14(8-12)9-16-17(22)21(6-7-23-3)18(24-16)15(10-19)11-20/h4-5,8-9H,6-7H2,1-3H3/b16-9+. The molecule has 0 aliphatic heterocycles. The van der Waals surface area contributed by atoms with Gasteiger partial charge in [-0.2, -0.15) is 10.5 Å². The summed E-state index contributed by atoms with van der Waals surface area (Å²) in [6.07, 6.45) is 1.81. The van der Waals surface area contributed by atoms with Crippen LogP contribution in [0.3, 0.4) is 0 Å². The molecule has 6 heteroatoms. The van der Waals surface area contributed by atoms with Crippen LogP contribution in [0.15, 0.2) is 23.0 Å². The second kappa shape index (κ2) is 7.74. The van der Waals surface area contributed by atoms with Crippen molar-refractivity contribution in [3.63, 3.8) is 0 Å². The first-order chi connectivity index (χ1) is 11.5. The fourth-order valence-corrected chi connectivity index (χ4v) is 3.34. The van der Waals surface area contributed by atoms with Crippen LogP contribution in [-0.4, -0.2) is 18.3 Å². The SMILES string of the molecule is COCCn1c(=C(C#N)C#N)s/c(=C/c2cc(C)ccc2C)c1=O. The Balaban J connectivity index is 2.79. The quantitative estimate of drug-likeness (QED) is 0.838. The van der Waals surface area contributed by atoms with Crippen LogP contribution in [0.5, 0.6) is 0 Å². The molecule has 24 heavy (non-hydrogen) atoms. The normalized spacial score (nSPS) is 11.1. The lowest BCUT2D eigenvalue weighted by Gasteiger charge is -2.01. The lowest BCUT2D eigenvalue weighted by molar-refractivity contribution is 0.186. The van der Waals surface area contributed by atoms with Gasteiger partial charge in [-0.1, -0.05) is 23.8 Å². The van der Waals surface area contributed by atoms with Gasteiger partial charge in [-0.15, -0.1) is 11.3 Å². The van der Waals surface area contributed by atoms with Gasteiger partial charge in [-0.25, -0.2) is 0 Å². The lowest BCUT2D eigenvalue weighted by atomic mass is 10.1.